The van der Waals surface area contributed by atoms with Crippen molar-refractivity contribution in [2.24, 2.45) is 0 Å². The first-order chi connectivity index (χ1) is 13.7. The number of aryl methyl sites for hydroxylation is 1. The molecule has 1 atom stereocenters. The number of aliphatic hydroxyl groups is 1. The molecule has 0 aliphatic carbocycles. The third-order valence-corrected chi connectivity index (χ3v) is 5.78. The zero-order valence-corrected chi connectivity index (χ0v) is 16.5. The van der Waals surface area contributed by atoms with Gasteiger partial charge in [0.1, 0.15) is 24.1 Å². The molecule has 28 heavy (non-hydrogen) atoms. The summed E-state index contributed by atoms with van der Waals surface area (Å²) >= 11 is 0. The van der Waals surface area contributed by atoms with Crippen LogP contribution in [0.1, 0.15) is 37.7 Å². The van der Waals surface area contributed by atoms with Crippen molar-refractivity contribution in [2.45, 2.75) is 51.2 Å². The fourth-order valence-electron chi connectivity index (χ4n) is 4.11. The zero-order chi connectivity index (χ0) is 19.3. The first-order valence-corrected chi connectivity index (χ1v) is 10.3. The van der Waals surface area contributed by atoms with Crippen LogP contribution in [0.4, 0.5) is 11.6 Å². The van der Waals surface area contributed by atoms with E-state index in [0.717, 1.165) is 68.4 Å². The van der Waals surface area contributed by atoms with Crippen molar-refractivity contribution in [1.29, 1.82) is 0 Å². The second-order valence-electron chi connectivity index (χ2n) is 7.69. The van der Waals surface area contributed by atoms with Crippen LogP contribution in [-0.2, 0) is 0 Å². The summed E-state index contributed by atoms with van der Waals surface area (Å²) in [5, 5.41) is 9.70. The Balaban J connectivity index is 1.39. The molecule has 1 unspecified atom stereocenters. The standard InChI is InChI=1S/C21H29N5O2/c1-16-5-4-9-22-21(16)28-18-7-11-25(12-8-18)19-13-20(24-15-23-19)26-10-3-2-6-17(26)14-27/h4-5,9,13,15,17-18,27H,2-3,6-8,10-12,14H2,1H3. The van der Waals surface area contributed by atoms with E-state index >= 15 is 0 Å². The number of hydrogen-bond acceptors (Lipinski definition) is 7. The van der Waals surface area contributed by atoms with Crippen LogP contribution in [-0.4, -0.2) is 58.4 Å². The lowest BCUT2D eigenvalue weighted by Crippen LogP contribution is -2.43. The van der Waals surface area contributed by atoms with Gasteiger partial charge in [-0.2, -0.15) is 0 Å². The molecule has 2 aromatic rings. The average Bonchev–Trinajstić information content (AvgIpc) is 2.76. The van der Waals surface area contributed by atoms with Crippen LogP contribution in [0, 0.1) is 6.92 Å². The summed E-state index contributed by atoms with van der Waals surface area (Å²) in [6.07, 6.45) is 8.83. The van der Waals surface area contributed by atoms with Gasteiger partial charge in [0, 0.05) is 50.3 Å². The van der Waals surface area contributed by atoms with Gasteiger partial charge in [-0.1, -0.05) is 6.07 Å². The van der Waals surface area contributed by atoms with Crippen molar-refractivity contribution in [1.82, 2.24) is 15.0 Å². The molecule has 2 aliphatic rings. The lowest BCUT2D eigenvalue weighted by atomic mass is 10.0. The highest BCUT2D eigenvalue weighted by Gasteiger charge is 2.26. The summed E-state index contributed by atoms with van der Waals surface area (Å²) in [6, 6.07) is 6.19. The van der Waals surface area contributed by atoms with E-state index < -0.39 is 0 Å². The molecule has 7 nitrogen and oxygen atoms in total. The SMILES string of the molecule is Cc1cccnc1OC1CCN(c2cc(N3CCCCC3CO)ncn2)CC1. The predicted molar refractivity (Wildman–Crippen MR) is 109 cm³/mol. The fourth-order valence-corrected chi connectivity index (χ4v) is 4.11. The number of aromatic nitrogens is 3. The lowest BCUT2D eigenvalue weighted by Gasteiger charge is -2.36. The molecule has 2 aromatic heterocycles. The fraction of sp³-hybridized carbons (Fsp3) is 0.571. The van der Waals surface area contributed by atoms with E-state index in [2.05, 4.69) is 30.8 Å². The van der Waals surface area contributed by atoms with E-state index in [-0.39, 0.29) is 18.8 Å². The Labute approximate surface area is 166 Å². The van der Waals surface area contributed by atoms with Crippen molar-refractivity contribution >= 4 is 11.6 Å². The predicted octanol–water partition coefficient (Wildman–Crippen LogP) is 2.58. The van der Waals surface area contributed by atoms with Crippen molar-refractivity contribution < 1.29 is 9.84 Å². The van der Waals surface area contributed by atoms with Crippen LogP contribution in [0.25, 0.3) is 0 Å². The number of anilines is 2. The largest absolute Gasteiger partial charge is 0.474 e. The van der Waals surface area contributed by atoms with Crippen LogP contribution in [0.3, 0.4) is 0 Å². The number of hydrogen-bond donors (Lipinski definition) is 1. The molecule has 0 spiro atoms. The van der Waals surface area contributed by atoms with Crippen LogP contribution < -0.4 is 14.5 Å². The summed E-state index contributed by atoms with van der Waals surface area (Å²) < 4.78 is 6.11. The number of nitrogens with zero attached hydrogens (tertiary/aromatic N) is 5. The maximum atomic E-state index is 9.70. The zero-order valence-electron chi connectivity index (χ0n) is 16.5. The molecule has 150 valence electrons. The van der Waals surface area contributed by atoms with Crippen LogP contribution in [0.15, 0.2) is 30.7 Å². The molecule has 0 aromatic carbocycles. The number of pyridine rings is 1. The van der Waals surface area contributed by atoms with Gasteiger partial charge in [0.2, 0.25) is 5.88 Å². The normalized spacial score (nSPS) is 21.0. The molecule has 0 radical (unpaired) electrons. The van der Waals surface area contributed by atoms with Crippen molar-refractivity contribution in [3.63, 3.8) is 0 Å². The van der Waals surface area contributed by atoms with Crippen molar-refractivity contribution in [3.05, 3.63) is 36.3 Å². The van der Waals surface area contributed by atoms with E-state index in [1.54, 1.807) is 12.5 Å². The minimum Gasteiger partial charge on any atom is -0.474 e. The van der Waals surface area contributed by atoms with E-state index in [0.29, 0.717) is 0 Å². The van der Waals surface area contributed by atoms with Crippen LogP contribution in [0.2, 0.25) is 0 Å². The molecule has 2 saturated heterocycles. The molecule has 7 heteroatoms. The van der Waals surface area contributed by atoms with Gasteiger partial charge in [-0.05, 0) is 32.3 Å². The van der Waals surface area contributed by atoms with Gasteiger partial charge in [-0.3, -0.25) is 0 Å². The van der Waals surface area contributed by atoms with E-state index in [1.165, 1.54) is 6.42 Å². The maximum Gasteiger partial charge on any atom is 0.216 e. The summed E-state index contributed by atoms with van der Waals surface area (Å²) in [6.45, 7) is 4.95. The number of piperidine rings is 2. The monoisotopic (exact) mass is 383 g/mol. The van der Waals surface area contributed by atoms with Crippen molar-refractivity contribution in [2.75, 3.05) is 36.0 Å². The molecule has 0 saturated carbocycles. The van der Waals surface area contributed by atoms with Crippen LogP contribution in [0.5, 0.6) is 5.88 Å². The quantitative estimate of drug-likeness (QED) is 0.850. The van der Waals surface area contributed by atoms with Gasteiger partial charge in [0.25, 0.3) is 0 Å². The Bertz CT molecular complexity index is 779. The van der Waals surface area contributed by atoms with Crippen LogP contribution >= 0.6 is 0 Å². The van der Waals surface area contributed by atoms with Crippen molar-refractivity contribution in [3.8, 4) is 5.88 Å². The van der Waals surface area contributed by atoms with E-state index in [1.807, 2.05) is 19.1 Å². The molecule has 4 heterocycles. The summed E-state index contributed by atoms with van der Waals surface area (Å²) in [5.74, 6) is 2.62. The maximum absolute atomic E-state index is 9.70. The second-order valence-corrected chi connectivity index (χ2v) is 7.69. The van der Waals surface area contributed by atoms with Gasteiger partial charge in [-0.25, -0.2) is 15.0 Å². The summed E-state index contributed by atoms with van der Waals surface area (Å²) in [5.41, 5.74) is 1.07. The third kappa shape index (κ3) is 4.19. The van der Waals surface area contributed by atoms with Gasteiger partial charge in [-0.15, -0.1) is 0 Å². The molecule has 0 amide bonds. The minimum absolute atomic E-state index is 0.164. The highest BCUT2D eigenvalue weighted by molar-refractivity contribution is 5.51. The molecule has 2 aliphatic heterocycles. The van der Waals surface area contributed by atoms with Gasteiger partial charge < -0.3 is 19.6 Å². The Kier molecular flexibility index (Phi) is 5.90. The number of ether oxygens (including phenoxy) is 1. The highest BCUT2D eigenvalue weighted by atomic mass is 16.5. The Hall–Kier alpha value is -2.41. The topological polar surface area (TPSA) is 74.6 Å². The lowest BCUT2D eigenvalue weighted by molar-refractivity contribution is 0.162. The highest BCUT2D eigenvalue weighted by Crippen LogP contribution is 2.27. The van der Waals surface area contributed by atoms with E-state index in [4.69, 9.17) is 4.74 Å². The Morgan fingerprint density at radius 1 is 1.07 bits per heavy atom. The third-order valence-electron chi connectivity index (χ3n) is 5.78. The van der Waals surface area contributed by atoms with Gasteiger partial charge >= 0.3 is 0 Å². The molecule has 2 fully saturated rings. The number of rotatable bonds is 5. The Morgan fingerprint density at radius 3 is 2.68 bits per heavy atom. The van der Waals surface area contributed by atoms with Gasteiger partial charge in [0.05, 0.1) is 12.6 Å². The molecular weight excluding hydrogens is 354 g/mol. The minimum atomic E-state index is 0.164. The second kappa shape index (κ2) is 8.73. The summed E-state index contributed by atoms with van der Waals surface area (Å²) in [4.78, 5) is 17.9. The first-order valence-electron chi connectivity index (χ1n) is 10.3. The van der Waals surface area contributed by atoms with E-state index in [9.17, 15) is 5.11 Å². The average molecular weight is 383 g/mol. The first kappa shape index (κ1) is 18.9. The smallest absolute Gasteiger partial charge is 0.216 e. The Morgan fingerprint density at radius 2 is 1.89 bits per heavy atom. The molecule has 0 bridgehead atoms. The molecule has 4 rings (SSSR count). The molecule has 1 N–H and O–H groups in total. The molecular formula is C21H29N5O2. The van der Waals surface area contributed by atoms with Gasteiger partial charge in [0.15, 0.2) is 0 Å². The number of aliphatic hydroxyl groups excluding tert-OH is 1. The summed E-state index contributed by atoms with van der Waals surface area (Å²) in [7, 11) is 0.